The van der Waals surface area contributed by atoms with Gasteiger partial charge in [0.05, 0.1) is 11.0 Å². The Morgan fingerprint density at radius 3 is 2.21 bits per heavy atom. The molecule has 0 saturated carbocycles. The highest BCUT2D eigenvalue weighted by Gasteiger charge is 2.22. The molecule has 0 spiro atoms. The van der Waals surface area contributed by atoms with Gasteiger partial charge in [0.15, 0.2) is 0 Å². The number of primary sulfonamides is 1. The summed E-state index contributed by atoms with van der Waals surface area (Å²) in [6.07, 6.45) is 1.65. The topological polar surface area (TPSA) is 83.6 Å². The highest BCUT2D eigenvalue weighted by Crippen LogP contribution is 2.25. The van der Waals surface area contributed by atoms with Crippen LogP contribution in [0.15, 0.2) is 29.2 Å². The van der Waals surface area contributed by atoms with Crippen molar-refractivity contribution in [3.63, 3.8) is 0 Å². The first-order valence-electron chi connectivity index (χ1n) is 6.44. The SMILES string of the molecule is CC(O)C1CCN(c2ccc(S(N)(=O)=O)cc2)CC1. The molecule has 6 heteroatoms. The number of piperidine rings is 1. The van der Waals surface area contributed by atoms with Gasteiger partial charge in [-0.15, -0.1) is 0 Å². The summed E-state index contributed by atoms with van der Waals surface area (Å²) in [5.74, 6) is 0.361. The first-order valence-corrected chi connectivity index (χ1v) is 7.98. The van der Waals surface area contributed by atoms with E-state index in [9.17, 15) is 13.5 Å². The molecule has 1 aliphatic heterocycles. The van der Waals surface area contributed by atoms with Gasteiger partial charge in [0, 0.05) is 18.8 Å². The Bertz CT molecular complexity index is 517. The van der Waals surface area contributed by atoms with E-state index in [0.717, 1.165) is 31.6 Å². The van der Waals surface area contributed by atoms with E-state index in [1.165, 1.54) is 12.1 Å². The van der Waals surface area contributed by atoms with Gasteiger partial charge >= 0.3 is 0 Å². The first kappa shape index (κ1) is 14.3. The molecule has 1 aromatic carbocycles. The zero-order valence-electron chi connectivity index (χ0n) is 11.0. The maximum Gasteiger partial charge on any atom is 0.238 e. The van der Waals surface area contributed by atoms with Gasteiger partial charge in [-0.1, -0.05) is 0 Å². The molecule has 0 aromatic heterocycles. The maximum absolute atomic E-state index is 11.2. The second-order valence-corrected chi connectivity index (χ2v) is 6.67. The van der Waals surface area contributed by atoms with Crippen LogP contribution < -0.4 is 10.0 Å². The Balaban J connectivity index is 2.04. The number of hydrogen-bond donors (Lipinski definition) is 2. The van der Waals surface area contributed by atoms with Gasteiger partial charge < -0.3 is 10.0 Å². The molecule has 0 bridgehead atoms. The minimum absolute atomic E-state index is 0.134. The fourth-order valence-corrected chi connectivity index (χ4v) is 3.00. The molecule has 0 amide bonds. The smallest absolute Gasteiger partial charge is 0.238 e. The molecule has 1 saturated heterocycles. The van der Waals surface area contributed by atoms with E-state index >= 15 is 0 Å². The average molecular weight is 284 g/mol. The van der Waals surface area contributed by atoms with Gasteiger partial charge in [0.2, 0.25) is 10.0 Å². The van der Waals surface area contributed by atoms with Gasteiger partial charge in [-0.25, -0.2) is 13.6 Å². The third-order valence-electron chi connectivity index (χ3n) is 3.75. The lowest BCUT2D eigenvalue weighted by atomic mass is 9.92. The summed E-state index contributed by atoms with van der Waals surface area (Å²) in [5.41, 5.74) is 0.997. The number of hydrogen-bond acceptors (Lipinski definition) is 4. The largest absolute Gasteiger partial charge is 0.393 e. The fraction of sp³-hybridized carbons (Fsp3) is 0.538. The summed E-state index contributed by atoms with van der Waals surface area (Å²) in [6, 6.07) is 6.63. The molecule has 0 aliphatic carbocycles. The Hall–Kier alpha value is -1.11. The van der Waals surface area contributed by atoms with Crippen LogP contribution in [0, 0.1) is 5.92 Å². The van der Waals surface area contributed by atoms with Crippen LogP contribution in [0.5, 0.6) is 0 Å². The van der Waals surface area contributed by atoms with Crippen LogP contribution in [-0.4, -0.2) is 32.7 Å². The van der Waals surface area contributed by atoms with Crippen molar-refractivity contribution in [1.82, 2.24) is 0 Å². The normalized spacial score (nSPS) is 19.4. The lowest BCUT2D eigenvalue weighted by Crippen LogP contribution is -2.37. The molecule has 5 nitrogen and oxygen atoms in total. The molecule has 106 valence electrons. The fourth-order valence-electron chi connectivity index (χ4n) is 2.49. The van der Waals surface area contributed by atoms with Crippen molar-refractivity contribution in [3.8, 4) is 0 Å². The van der Waals surface area contributed by atoms with Gasteiger partial charge in [-0.3, -0.25) is 0 Å². The molecule has 1 fully saturated rings. The molecule has 1 atom stereocenters. The molecular weight excluding hydrogens is 264 g/mol. The van der Waals surface area contributed by atoms with Crippen molar-refractivity contribution in [1.29, 1.82) is 0 Å². The minimum atomic E-state index is -3.62. The average Bonchev–Trinajstić information content (AvgIpc) is 2.38. The van der Waals surface area contributed by atoms with Crippen LogP contribution in [0.1, 0.15) is 19.8 Å². The number of benzene rings is 1. The van der Waals surface area contributed by atoms with E-state index in [1.807, 2.05) is 6.92 Å². The second kappa shape index (κ2) is 5.48. The third-order valence-corrected chi connectivity index (χ3v) is 4.68. The second-order valence-electron chi connectivity index (χ2n) is 5.10. The Labute approximate surface area is 114 Å². The maximum atomic E-state index is 11.2. The Kier molecular flexibility index (Phi) is 4.13. The molecule has 3 N–H and O–H groups in total. The number of nitrogens with two attached hydrogens (primary N) is 1. The van der Waals surface area contributed by atoms with Crippen molar-refractivity contribution < 1.29 is 13.5 Å². The van der Waals surface area contributed by atoms with Crippen LogP contribution in [0.25, 0.3) is 0 Å². The van der Waals surface area contributed by atoms with Gasteiger partial charge in [0.25, 0.3) is 0 Å². The summed E-state index contributed by atoms with van der Waals surface area (Å²) in [4.78, 5) is 2.33. The summed E-state index contributed by atoms with van der Waals surface area (Å²) < 4.78 is 22.3. The summed E-state index contributed by atoms with van der Waals surface area (Å²) in [6.45, 7) is 3.59. The molecule has 1 heterocycles. The Morgan fingerprint density at radius 1 is 1.26 bits per heavy atom. The van der Waals surface area contributed by atoms with Crippen molar-refractivity contribution >= 4 is 15.7 Å². The highest BCUT2D eigenvalue weighted by atomic mass is 32.2. The van der Waals surface area contributed by atoms with E-state index in [1.54, 1.807) is 12.1 Å². The predicted octanol–water partition coefficient (Wildman–Crippen LogP) is 0.931. The molecule has 1 unspecified atom stereocenters. The predicted molar refractivity (Wildman–Crippen MR) is 74.4 cm³/mol. The number of rotatable bonds is 3. The monoisotopic (exact) mass is 284 g/mol. The number of aliphatic hydroxyl groups is 1. The lowest BCUT2D eigenvalue weighted by Gasteiger charge is -2.34. The first-order chi connectivity index (χ1) is 8.88. The minimum Gasteiger partial charge on any atom is -0.393 e. The van der Waals surface area contributed by atoms with E-state index in [4.69, 9.17) is 5.14 Å². The van der Waals surface area contributed by atoms with Crippen LogP contribution in [-0.2, 0) is 10.0 Å². The highest BCUT2D eigenvalue weighted by molar-refractivity contribution is 7.89. The third kappa shape index (κ3) is 3.46. The molecule has 2 rings (SSSR count). The molecule has 1 aliphatic rings. The zero-order valence-corrected chi connectivity index (χ0v) is 11.8. The van der Waals surface area contributed by atoms with Crippen LogP contribution in [0.2, 0.25) is 0 Å². The molecule has 19 heavy (non-hydrogen) atoms. The van der Waals surface area contributed by atoms with E-state index in [2.05, 4.69) is 4.90 Å². The Morgan fingerprint density at radius 2 is 1.79 bits per heavy atom. The number of sulfonamides is 1. The summed E-state index contributed by atoms with van der Waals surface area (Å²) in [5, 5.41) is 14.6. The molecule has 1 aromatic rings. The van der Waals surface area contributed by atoms with Crippen LogP contribution >= 0.6 is 0 Å². The van der Waals surface area contributed by atoms with Crippen LogP contribution in [0.3, 0.4) is 0 Å². The van der Waals surface area contributed by atoms with E-state index < -0.39 is 10.0 Å². The summed E-state index contributed by atoms with van der Waals surface area (Å²) in [7, 11) is -3.62. The number of nitrogens with zero attached hydrogens (tertiary/aromatic N) is 1. The zero-order chi connectivity index (χ0) is 14.0. The summed E-state index contributed by atoms with van der Waals surface area (Å²) >= 11 is 0. The number of anilines is 1. The van der Waals surface area contributed by atoms with Crippen LogP contribution in [0.4, 0.5) is 5.69 Å². The van der Waals surface area contributed by atoms with Crippen molar-refractivity contribution in [2.45, 2.75) is 30.8 Å². The lowest BCUT2D eigenvalue weighted by molar-refractivity contribution is 0.110. The van der Waals surface area contributed by atoms with Crippen molar-refractivity contribution in [2.24, 2.45) is 11.1 Å². The van der Waals surface area contributed by atoms with E-state index in [0.29, 0.717) is 5.92 Å². The van der Waals surface area contributed by atoms with Crippen molar-refractivity contribution in [3.05, 3.63) is 24.3 Å². The van der Waals surface area contributed by atoms with Gasteiger partial charge in [-0.05, 0) is 49.9 Å². The molecule has 0 radical (unpaired) electrons. The number of aliphatic hydroxyl groups excluding tert-OH is 1. The van der Waals surface area contributed by atoms with Crippen molar-refractivity contribution in [2.75, 3.05) is 18.0 Å². The van der Waals surface area contributed by atoms with Gasteiger partial charge in [-0.2, -0.15) is 0 Å². The standard InChI is InChI=1S/C13H20N2O3S/c1-10(16)11-6-8-15(9-7-11)12-2-4-13(5-3-12)19(14,17)18/h2-5,10-11,16H,6-9H2,1H3,(H2,14,17,18). The quantitative estimate of drug-likeness (QED) is 0.865. The molecular formula is C13H20N2O3S. The van der Waals surface area contributed by atoms with Gasteiger partial charge in [0.1, 0.15) is 0 Å². The van der Waals surface area contributed by atoms with E-state index in [-0.39, 0.29) is 11.0 Å².